The van der Waals surface area contributed by atoms with Crippen LogP contribution >= 0.6 is 0 Å². The Kier molecular flexibility index (Phi) is 20.0. The van der Waals surface area contributed by atoms with Gasteiger partial charge in [-0.15, -0.1) is 20.5 Å². The third-order valence-corrected chi connectivity index (χ3v) is 3.95. The number of nitrogens with one attached hydrogen (secondary N) is 3. The minimum atomic E-state index is -4.94. The Bertz CT molecular complexity index is 615. The molecule has 0 saturated carbocycles. The van der Waals surface area contributed by atoms with E-state index in [2.05, 4.69) is 20.9 Å². The largest absolute Gasteiger partial charge is 2.00 e. The van der Waals surface area contributed by atoms with E-state index in [4.69, 9.17) is 37.3 Å². The van der Waals surface area contributed by atoms with Gasteiger partial charge in [0.05, 0.1) is 4.92 Å². The monoisotopic (exact) mass is 582 g/mol. The maximum atomic E-state index is 10.8. The Balaban J connectivity index is 0. The van der Waals surface area contributed by atoms with Crippen LogP contribution in [0.15, 0.2) is 24.3 Å². The number of nitrogens with zero attached hydrogens (tertiary/aromatic N) is 2. The Labute approximate surface area is 211 Å². The summed E-state index contributed by atoms with van der Waals surface area (Å²) >= 11 is 0. The molecular formula is C16H27Cl2CuN5O10. The van der Waals surface area contributed by atoms with Crippen molar-refractivity contribution >= 4 is 11.4 Å². The van der Waals surface area contributed by atoms with Crippen LogP contribution in [-0.2, 0) is 17.1 Å². The van der Waals surface area contributed by atoms with Gasteiger partial charge < -0.3 is 20.9 Å². The number of non-ortho nitro benzene ring substituents is 1. The minimum Gasteiger partial charge on any atom is -0.370 e. The van der Waals surface area contributed by atoms with Crippen LogP contribution in [0.5, 0.6) is 0 Å². The first kappa shape index (κ1) is 35.2. The molecule has 1 heterocycles. The second-order valence-corrected chi connectivity index (χ2v) is 7.99. The van der Waals surface area contributed by atoms with Crippen molar-refractivity contribution in [2.45, 2.75) is 12.8 Å². The molecule has 3 N–H and O–H groups in total. The van der Waals surface area contributed by atoms with Gasteiger partial charge in [-0.05, 0) is 44.6 Å². The van der Waals surface area contributed by atoms with E-state index in [1.807, 2.05) is 12.1 Å². The number of hydrogen-bond donors (Lipinski definition) is 3. The fourth-order valence-corrected chi connectivity index (χ4v) is 2.65. The summed E-state index contributed by atoms with van der Waals surface area (Å²) in [4.78, 5) is 12.7. The average Bonchev–Trinajstić information content (AvgIpc) is 2.67. The van der Waals surface area contributed by atoms with Crippen LogP contribution in [0.2, 0.25) is 0 Å². The van der Waals surface area contributed by atoms with Crippen molar-refractivity contribution in [2.75, 3.05) is 57.3 Å². The summed E-state index contributed by atoms with van der Waals surface area (Å²) in [7, 11) is -9.89. The van der Waals surface area contributed by atoms with Crippen LogP contribution in [-0.4, -0.2) is 57.3 Å². The topological polar surface area (TPSA) is 267 Å². The summed E-state index contributed by atoms with van der Waals surface area (Å²) in [6.07, 6.45) is 2.18. The molecule has 1 aromatic rings. The van der Waals surface area contributed by atoms with E-state index in [0.29, 0.717) is 0 Å². The van der Waals surface area contributed by atoms with E-state index < -0.39 is 20.5 Å². The number of nitro benzene ring substituents is 1. The summed E-state index contributed by atoms with van der Waals surface area (Å²) in [5, 5.41) is 21.1. The molecule has 1 fully saturated rings. The molecule has 0 amide bonds. The summed E-state index contributed by atoms with van der Waals surface area (Å²) in [5.41, 5.74) is 1.19. The predicted molar refractivity (Wildman–Crippen MR) is 93.2 cm³/mol. The van der Waals surface area contributed by atoms with Gasteiger partial charge in [-0.2, -0.15) is 0 Å². The Morgan fingerprint density at radius 1 is 0.676 bits per heavy atom. The van der Waals surface area contributed by atoms with Gasteiger partial charge in [0.15, 0.2) is 0 Å². The van der Waals surface area contributed by atoms with Gasteiger partial charge in [0.25, 0.3) is 5.69 Å². The average molecular weight is 584 g/mol. The van der Waals surface area contributed by atoms with Crippen molar-refractivity contribution in [3.05, 3.63) is 34.4 Å². The van der Waals surface area contributed by atoms with Gasteiger partial charge in [-0.3, -0.25) is 10.1 Å². The maximum absolute atomic E-state index is 10.8. The molecule has 34 heavy (non-hydrogen) atoms. The molecule has 1 saturated heterocycles. The normalized spacial score (nSPS) is 16.4. The molecule has 1 radical (unpaired) electrons. The van der Waals surface area contributed by atoms with Crippen molar-refractivity contribution in [1.29, 1.82) is 0 Å². The van der Waals surface area contributed by atoms with E-state index in [-0.39, 0.29) is 27.7 Å². The van der Waals surface area contributed by atoms with Gasteiger partial charge in [0.1, 0.15) is 0 Å². The standard InChI is InChI=1S/C16H27N5O2.2ClHO4.Cu/c22-21(23)16-5-3-15(4-6-16)20-13-2-9-18-11-10-17-7-1-8-19-12-14-20;2*2-1(3,4)5;/h3-6,17-19H,1-2,7-14H2;2*(H,2,3,4,5);/q;;;+2/p-2. The summed E-state index contributed by atoms with van der Waals surface area (Å²) in [6.45, 7) is 7.81. The van der Waals surface area contributed by atoms with Crippen molar-refractivity contribution in [1.82, 2.24) is 16.0 Å². The Morgan fingerprint density at radius 3 is 1.53 bits per heavy atom. The minimum absolute atomic E-state index is 0. The number of anilines is 1. The second kappa shape index (κ2) is 19.3. The number of rotatable bonds is 2. The second-order valence-electron chi connectivity index (χ2n) is 6.47. The van der Waals surface area contributed by atoms with Crippen LogP contribution < -0.4 is 58.1 Å². The first-order valence-corrected chi connectivity index (χ1v) is 12.1. The van der Waals surface area contributed by atoms with Gasteiger partial charge in [0.2, 0.25) is 0 Å². The molecule has 0 bridgehead atoms. The number of benzene rings is 1. The smallest absolute Gasteiger partial charge is 0.370 e. The molecule has 0 unspecified atom stereocenters. The number of halogens is 2. The fraction of sp³-hybridized carbons (Fsp3) is 0.625. The van der Waals surface area contributed by atoms with Crippen molar-refractivity contribution in [2.24, 2.45) is 0 Å². The maximum Gasteiger partial charge on any atom is 2.00 e. The summed E-state index contributed by atoms with van der Waals surface area (Å²) < 4.78 is 67.9. The SMILES string of the molecule is O=[N+]([O-])c1ccc(N2CCCNCCNCCCNCC2)cc1.[Cu+2].[O-][Cl+3]([O-])([O-])[O-].[O-][Cl+3]([O-])([O-])[O-]. The summed E-state index contributed by atoms with van der Waals surface area (Å²) in [6, 6.07) is 6.85. The number of nitro groups is 1. The molecule has 0 atom stereocenters. The predicted octanol–water partition coefficient (Wildman–Crippen LogP) is -8.55. The molecule has 1 aromatic carbocycles. The van der Waals surface area contributed by atoms with E-state index in [9.17, 15) is 10.1 Å². The van der Waals surface area contributed by atoms with E-state index in [1.54, 1.807) is 12.1 Å². The molecule has 0 spiro atoms. The zero-order valence-corrected chi connectivity index (χ0v) is 20.4. The first-order chi connectivity index (χ1) is 15.3. The molecule has 2 rings (SSSR count). The first-order valence-electron chi connectivity index (χ1n) is 9.62. The molecule has 15 nitrogen and oxygen atoms in total. The van der Waals surface area contributed by atoms with E-state index >= 15 is 0 Å². The molecule has 201 valence electrons. The Morgan fingerprint density at radius 2 is 1.09 bits per heavy atom. The van der Waals surface area contributed by atoms with Crippen molar-refractivity contribution in [3.63, 3.8) is 0 Å². The van der Waals surface area contributed by atoms with Crippen molar-refractivity contribution in [3.8, 4) is 0 Å². The van der Waals surface area contributed by atoms with Crippen LogP contribution in [0, 0.1) is 30.6 Å². The van der Waals surface area contributed by atoms with Gasteiger partial charge in [-0.1, -0.05) is 0 Å². The quantitative estimate of drug-likeness (QED) is 0.166. The molecule has 0 aliphatic carbocycles. The summed E-state index contributed by atoms with van der Waals surface area (Å²) in [5.74, 6) is 0. The van der Waals surface area contributed by atoms with Crippen LogP contribution in [0.1, 0.15) is 12.8 Å². The van der Waals surface area contributed by atoms with Gasteiger partial charge in [-0.25, -0.2) is 37.3 Å². The zero-order chi connectivity index (χ0) is 25.3. The molecule has 18 heteroatoms. The molecular weight excluding hydrogens is 557 g/mol. The zero-order valence-electron chi connectivity index (χ0n) is 17.9. The molecule has 1 aliphatic rings. The Hall–Kier alpha value is -0.921. The van der Waals surface area contributed by atoms with Crippen LogP contribution in [0.4, 0.5) is 11.4 Å². The fourth-order valence-electron chi connectivity index (χ4n) is 2.65. The molecule has 0 aromatic heterocycles. The van der Waals surface area contributed by atoms with Crippen molar-refractivity contribution < 1.29 is 79.8 Å². The third kappa shape index (κ3) is 25.7. The van der Waals surface area contributed by atoms with Gasteiger partial charge in [0, 0.05) is 50.5 Å². The van der Waals surface area contributed by atoms with Crippen LogP contribution in [0.25, 0.3) is 0 Å². The molecule has 1 aliphatic heterocycles. The van der Waals surface area contributed by atoms with E-state index in [1.165, 1.54) is 0 Å². The number of hydrogen-bond acceptors (Lipinski definition) is 14. The third-order valence-electron chi connectivity index (χ3n) is 3.95. The van der Waals surface area contributed by atoms with E-state index in [0.717, 1.165) is 70.9 Å². The van der Waals surface area contributed by atoms with Gasteiger partial charge >= 0.3 is 17.1 Å². The van der Waals surface area contributed by atoms with Crippen LogP contribution in [0.3, 0.4) is 0 Å².